The van der Waals surface area contributed by atoms with Crippen LogP contribution in [-0.4, -0.2) is 30.4 Å². The first-order valence-electron chi connectivity index (χ1n) is 8.41. The Morgan fingerprint density at radius 1 is 1.21 bits per heavy atom. The molecule has 24 heavy (non-hydrogen) atoms. The lowest BCUT2D eigenvalue weighted by Gasteiger charge is -2.34. The first-order chi connectivity index (χ1) is 11.6. The van der Waals surface area contributed by atoms with E-state index >= 15 is 0 Å². The van der Waals surface area contributed by atoms with E-state index in [9.17, 15) is 9.18 Å². The molecule has 1 atom stereocenters. The number of aryl methyl sites for hydroxylation is 1. The molecule has 0 fully saturated rings. The molecule has 1 aliphatic heterocycles. The van der Waals surface area contributed by atoms with E-state index in [4.69, 9.17) is 0 Å². The lowest BCUT2D eigenvalue weighted by Crippen LogP contribution is -2.45. The highest BCUT2D eigenvalue weighted by Gasteiger charge is 2.24. The van der Waals surface area contributed by atoms with Crippen LogP contribution in [0.25, 0.3) is 0 Å². The summed E-state index contributed by atoms with van der Waals surface area (Å²) < 4.78 is 13.4. The summed E-state index contributed by atoms with van der Waals surface area (Å²) in [6.45, 7) is 3.43. The Bertz CT molecular complexity index is 727. The van der Waals surface area contributed by atoms with Crippen molar-refractivity contribution in [2.24, 2.45) is 0 Å². The van der Waals surface area contributed by atoms with E-state index in [1.807, 2.05) is 37.4 Å². The average molecular weight is 326 g/mol. The number of amides is 1. The number of carbonyl (C=O) groups excluding carboxylic acids is 1. The Hall–Kier alpha value is -2.20. The van der Waals surface area contributed by atoms with Gasteiger partial charge in [0.05, 0.1) is 0 Å². The maximum absolute atomic E-state index is 13.4. The molecule has 3 nitrogen and oxygen atoms in total. The van der Waals surface area contributed by atoms with Crippen molar-refractivity contribution < 1.29 is 9.18 Å². The van der Waals surface area contributed by atoms with Gasteiger partial charge < -0.3 is 5.32 Å². The lowest BCUT2D eigenvalue weighted by atomic mass is 9.94. The summed E-state index contributed by atoms with van der Waals surface area (Å²) in [5, 5.41) is 3.01. The van der Waals surface area contributed by atoms with E-state index < -0.39 is 0 Å². The number of nitrogens with zero attached hydrogens (tertiary/aromatic N) is 1. The summed E-state index contributed by atoms with van der Waals surface area (Å²) in [7, 11) is 2.04. The number of rotatable bonds is 4. The highest BCUT2D eigenvalue weighted by Crippen LogP contribution is 2.22. The summed E-state index contributed by atoms with van der Waals surface area (Å²) in [5.74, 6) is -0.256. The average Bonchev–Trinajstić information content (AvgIpc) is 2.60. The predicted octanol–water partition coefficient (Wildman–Crippen LogP) is 3.17. The van der Waals surface area contributed by atoms with Crippen molar-refractivity contribution in [3.05, 3.63) is 70.5 Å². The van der Waals surface area contributed by atoms with Crippen LogP contribution in [-0.2, 0) is 19.4 Å². The number of hydrogen-bond donors (Lipinski definition) is 1. The molecular weight excluding hydrogens is 303 g/mol. The van der Waals surface area contributed by atoms with Crippen molar-refractivity contribution in [3.8, 4) is 0 Å². The Morgan fingerprint density at radius 2 is 1.96 bits per heavy atom. The highest BCUT2D eigenvalue weighted by atomic mass is 19.1. The number of fused-ring (bicyclic) bond motifs is 1. The molecule has 0 unspecified atom stereocenters. The van der Waals surface area contributed by atoms with Crippen LogP contribution >= 0.6 is 0 Å². The molecule has 0 aromatic heterocycles. The zero-order chi connectivity index (χ0) is 17.1. The molecule has 126 valence electrons. The molecule has 0 aliphatic carbocycles. The van der Waals surface area contributed by atoms with E-state index in [0.717, 1.165) is 30.5 Å². The largest absolute Gasteiger partial charge is 0.350 e. The van der Waals surface area contributed by atoms with Gasteiger partial charge in [0.1, 0.15) is 5.82 Å². The first-order valence-corrected chi connectivity index (χ1v) is 8.41. The van der Waals surface area contributed by atoms with Crippen molar-refractivity contribution in [2.45, 2.75) is 32.4 Å². The fourth-order valence-corrected chi connectivity index (χ4v) is 3.18. The van der Waals surface area contributed by atoms with E-state index in [2.05, 4.69) is 17.1 Å². The minimum Gasteiger partial charge on any atom is -0.350 e. The summed E-state index contributed by atoms with van der Waals surface area (Å²) in [6.07, 6.45) is 1.71. The van der Waals surface area contributed by atoms with E-state index in [1.165, 1.54) is 11.6 Å². The van der Waals surface area contributed by atoms with Gasteiger partial charge in [-0.25, -0.2) is 4.39 Å². The highest BCUT2D eigenvalue weighted by molar-refractivity contribution is 5.94. The molecule has 0 bridgehead atoms. The van der Waals surface area contributed by atoms with Gasteiger partial charge in [0.2, 0.25) is 0 Å². The molecule has 0 spiro atoms. The van der Waals surface area contributed by atoms with Gasteiger partial charge in [0.25, 0.3) is 5.91 Å². The Balaban J connectivity index is 1.62. The maximum atomic E-state index is 13.4. The minimum atomic E-state index is -0.197. The van der Waals surface area contributed by atoms with Crippen molar-refractivity contribution >= 4 is 5.91 Å². The normalized spacial score (nSPS) is 17.4. The van der Waals surface area contributed by atoms with Crippen molar-refractivity contribution in [2.75, 3.05) is 13.6 Å². The third kappa shape index (κ3) is 3.65. The van der Waals surface area contributed by atoms with Gasteiger partial charge in [0.15, 0.2) is 0 Å². The fourth-order valence-electron chi connectivity index (χ4n) is 3.18. The quantitative estimate of drug-likeness (QED) is 0.936. The summed E-state index contributed by atoms with van der Waals surface area (Å²) in [5.41, 5.74) is 4.10. The van der Waals surface area contributed by atoms with Gasteiger partial charge in [-0.05, 0) is 60.8 Å². The molecule has 1 N–H and O–H groups in total. The number of nitrogens with one attached hydrogen (secondary N) is 1. The van der Waals surface area contributed by atoms with Crippen molar-refractivity contribution in [3.63, 3.8) is 0 Å². The van der Waals surface area contributed by atoms with Crippen LogP contribution in [0.15, 0.2) is 42.5 Å². The van der Waals surface area contributed by atoms with Crippen LogP contribution in [0.4, 0.5) is 4.39 Å². The zero-order valence-corrected chi connectivity index (χ0v) is 14.2. The minimum absolute atomic E-state index is 0.0592. The summed E-state index contributed by atoms with van der Waals surface area (Å²) >= 11 is 0. The molecule has 0 saturated carbocycles. The van der Waals surface area contributed by atoms with Gasteiger partial charge in [-0.1, -0.05) is 25.1 Å². The summed E-state index contributed by atoms with van der Waals surface area (Å²) in [6, 6.07) is 12.9. The number of likely N-dealkylation sites (N-methyl/N-ethyl adjacent to an activating group) is 1. The smallest absolute Gasteiger partial charge is 0.251 e. The Labute approximate surface area is 142 Å². The molecule has 1 aliphatic rings. The van der Waals surface area contributed by atoms with Gasteiger partial charge in [-0.15, -0.1) is 0 Å². The first kappa shape index (κ1) is 16.7. The molecule has 3 rings (SSSR count). The molecule has 0 radical (unpaired) electrons. The van der Waals surface area contributed by atoms with Gasteiger partial charge >= 0.3 is 0 Å². The lowest BCUT2D eigenvalue weighted by molar-refractivity contribution is 0.0934. The van der Waals surface area contributed by atoms with Crippen LogP contribution < -0.4 is 5.32 Å². The predicted molar refractivity (Wildman–Crippen MR) is 93.5 cm³/mol. The van der Waals surface area contributed by atoms with Gasteiger partial charge in [-0.2, -0.15) is 0 Å². The fraction of sp³-hybridized carbons (Fsp3) is 0.350. The van der Waals surface area contributed by atoms with Crippen LogP contribution in [0, 0.1) is 5.82 Å². The van der Waals surface area contributed by atoms with Gasteiger partial charge in [-0.3, -0.25) is 9.69 Å². The second-order valence-electron chi connectivity index (χ2n) is 6.45. The van der Waals surface area contributed by atoms with Crippen molar-refractivity contribution in [1.82, 2.24) is 10.2 Å². The second kappa shape index (κ2) is 7.14. The molecular formula is C20H23FN2O. The molecule has 2 aromatic rings. The van der Waals surface area contributed by atoms with E-state index in [1.54, 1.807) is 6.07 Å². The van der Waals surface area contributed by atoms with Crippen LogP contribution in [0.1, 0.15) is 34.0 Å². The second-order valence-corrected chi connectivity index (χ2v) is 6.45. The Kier molecular flexibility index (Phi) is 4.95. The van der Waals surface area contributed by atoms with Crippen LogP contribution in [0.3, 0.4) is 0 Å². The van der Waals surface area contributed by atoms with Gasteiger partial charge in [0, 0.05) is 24.7 Å². The molecule has 1 heterocycles. The third-order valence-electron chi connectivity index (χ3n) is 4.79. The molecule has 4 heteroatoms. The standard InChI is InChI=1S/C20H23FN2O/c1-3-14-4-6-15(7-5-14)20(24)22-12-19-11-17-10-18(21)9-8-16(17)13-23(19)2/h4-10,19H,3,11-13H2,1-2H3,(H,22,24)/t19-/m1/s1. The maximum Gasteiger partial charge on any atom is 0.251 e. The zero-order valence-electron chi connectivity index (χ0n) is 14.2. The van der Waals surface area contributed by atoms with Crippen LogP contribution in [0.5, 0.6) is 0 Å². The number of hydrogen-bond acceptors (Lipinski definition) is 2. The topological polar surface area (TPSA) is 32.3 Å². The monoisotopic (exact) mass is 326 g/mol. The molecule has 2 aromatic carbocycles. The van der Waals surface area contributed by atoms with E-state index in [-0.39, 0.29) is 17.8 Å². The summed E-state index contributed by atoms with van der Waals surface area (Å²) in [4.78, 5) is 14.5. The van der Waals surface area contributed by atoms with Crippen molar-refractivity contribution in [1.29, 1.82) is 0 Å². The molecule has 1 amide bonds. The number of benzene rings is 2. The molecule has 0 saturated heterocycles. The third-order valence-corrected chi connectivity index (χ3v) is 4.79. The Morgan fingerprint density at radius 3 is 2.67 bits per heavy atom. The number of halogens is 1. The number of carbonyl (C=O) groups is 1. The van der Waals surface area contributed by atoms with Crippen LogP contribution in [0.2, 0.25) is 0 Å². The van der Waals surface area contributed by atoms with E-state index in [0.29, 0.717) is 12.1 Å². The SMILES string of the molecule is CCc1ccc(C(=O)NC[C@H]2Cc3cc(F)ccc3CN2C)cc1.